The summed E-state index contributed by atoms with van der Waals surface area (Å²) in [7, 11) is 0. The maximum atomic E-state index is 13.0. The average molecular weight is 605 g/mol. The molecule has 36 heavy (non-hydrogen) atoms. The number of carbonyl (C=O) groups excluding carboxylic acids is 2. The number of nitrogens with zero attached hydrogens (tertiary/aromatic N) is 3. The molecule has 0 spiro atoms. The van der Waals surface area contributed by atoms with E-state index in [0.717, 1.165) is 27.8 Å². The lowest BCUT2D eigenvalue weighted by molar-refractivity contribution is -0.145. The van der Waals surface area contributed by atoms with E-state index in [1.807, 2.05) is 43.3 Å². The number of pyridine rings is 1. The summed E-state index contributed by atoms with van der Waals surface area (Å²) >= 11 is 2.24. The molecular weight excluding hydrogens is 573 g/mol. The Kier molecular flexibility index (Phi) is 8.47. The predicted molar refractivity (Wildman–Crippen MR) is 146 cm³/mol. The summed E-state index contributed by atoms with van der Waals surface area (Å²) in [6.07, 6.45) is 2.93. The van der Waals surface area contributed by atoms with Gasteiger partial charge >= 0.3 is 0 Å². The van der Waals surface area contributed by atoms with E-state index in [4.69, 9.17) is 5.84 Å². The number of allylic oxidation sites excluding steroid dienone is 1. The Balaban J connectivity index is 1.31. The molecule has 0 aliphatic carbocycles. The van der Waals surface area contributed by atoms with Gasteiger partial charge in [-0.2, -0.15) is 0 Å². The third-order valence-electron chi connectivity index (χ3n) is 6.88. The molecule has 2 aliphatic rings. The first-order chi connectivity index (χ1) is 17.3. The topological polar surface area (TPSA) is 121 Å². The predicted octanol–water partition coefficient (Wildman–Crippen LogP) is 2.05. The molecule has 1 fully saturated rings. The highest BCUT2D eigenvalue weighted by molar-refractivity contribution is 14.1. The zero-order valence-electron chi connectivity index (χ0n) is 20.2. The minimum absolute atomic E-state index is 0.0177. The Morgan fingerprint density at radius 1 is 1.22 bits per heavy atom. The van der Waals surface area contributed by atoms with Crippen molar-refractivity contribution in [3.63, 3.8) is 0 Å². The van der Waals surface area contributed by atoms with E-state index in [0.29, 0.717) is 19.6 Å². The van der Waals surface area contributed by atoms with E-state index in [1.54, 1.807) is 27.8 Å². The Morgan fingerprint density at radius 2 is 1.97 bits per heavy atom. The first-order valence-electron chi connectivity index (χ1n) is 12.1. The number of aliphatic hydroxyl groups is 1. The monoisotopic (exact) mass is 605 g/mol. The number of anilines is 1. The van der Waals surface area contributed by atoms with E-state index in [1.165, 1.54) is 5.01 Å². The number of fused-ring (bicyclic) bond motifs is 4. The van der Waals surface area contributed by atoms with Crippen LogP contribution in [0.4, 0.5) is 5.69 Å². The minimum Gasteiger partial charge on any atom is -0.383 e. The van der Waals surface area contributed by atoms with Gasteiger partial charge in [0, 0.05) is 47.9 Å². The fraction of sp³-hybridized carbons (Fsp3) is 0.423. The molecule has 2 bridgehead atoms. The summed E-state index contributed by atoms with van der Waals surface area (Å²) in [5, 5.41) is 14.9. The van der Waals surface area contributed by atoms with Gasteiger partial charge in [-0.3, -0.25) is 19.4 Å². The van der Waals surface area contributed by atoms with Gasteiger partial charge in [0.15, 0.2) is 0 Å². The number of alkyl halides is 1. The van der Waals surface area contributed by atoms with Crippen LogP contribution < -0.4 is 21.7 Å². The summed E-state index contributed by atoms with van der Waals surface area (Å²) in [5.74, 6) is 5.37. The Labute approximate surface area is 224 Å². The Bertz CT molecular complexity index is 1180. The van der Waals surface area contributed by atoms with Crippen LogP contribution in [0.3, 0.4) is 0 Å². The standard InChI is InChI=1S/C26H32IN5O4/c1-17(19-6-8-21(9-7-19)32(28)11-3-10-27)29-24(34)13-23(33)26(36)30-14-18-12-20(16-30)22-4-2-5-25(35)31(22)15-18/h2-9,11,17-18,20,23,33H,10,12-16,28H2,1H3,(H,29,34)/b11-3-/t17-,18?,20?,23-/m1/s1. The normalized spacial score (nSPS) is 20.5. The SMILES string of the molecule is C[C@@H](NC(=O)C[C@@H](O)C(=O)N1CC2CC(C1)c1cccc(=O)n1C2)c1ccc(N(N)/C=C\CI)cc1. The number of hydrogen-bond acceptors (Lipinski definition) is 6. The highest BCUT2D eigenvalue weighted by Gasteiger charge is 2.38. The Morgan fingerprint density at radius 3 is 2.69 bits per heavy atom. The lowest BCUT2D eigenvalue weighted by Gasteiger charge is -2.43. The fourth-order valence-corrected chi connectivity index (χ4v) is 5.34. The third-order valence-corrected chi connectivity index (χ3v) is 7.39. The van der Waals surface area contributed by atoms with Crippen LogP contribution in [0.5, 0.6) is 0 Å². The maximum Gasteiger partial charge on any atom is 0.251 e. The highest BCUT2D eigenvalue weighted by Crippen LogP contribution is 2.35. The van der Waals surface area contributed by atoms with Crippen molar-refractivity contribution in [3.05, 3.63) is 76.4 Å². The summed E-state index contributed by atoms with van der Waals surface area (Å²) in [5.41, 5.74) is 2.62. The number of hydrazine groups is 1. The number of likely N-dealkylation sites (tertiary alicyclic amines) is 1. The number of aliphatic hydroxyl groups excluding tert-OH is 1. The molecule has 1 saturated heterocycles. The van der Waals surface area contributed by atoms with Crippen molar-refractivity contribution in [2.45, 2.75) is 44.4 Å². The molecule has 2 unspecified atom stereocenters. The zero-order chi connectivity index (χ0) is 25.8. The molecule has 4 N–H and O–H groups in total. The van der Waals surface area contributed by atoms with Crippen LogP contribution in [0.2, 0.25) is 0 Å². The number of halogens is 1. The Hall–Kier alpha value is -2.70. The van der Waals surface area contributed by atoms with E-state index in [9.17, 15) is 19.5 Å². The zero-order valence-corrected chi connectivity index (χ0v) is 22.4. The maximum absolute atomic E-state index is 13.0. The molecule has 192 valence electrons. The summed E-state index contributed by atoms with van der Waals surface area (Å²) < 4.78 is 2.65. The van der Waals surface area contributed by atoms with Crippen molar-refractivity contribution >= 4 is 40.1 Å². The fourth-order valence-electron chi connectivity index (χ4n) is 5.11. The first kappa shape index (κ1) is 26.4. The molecule has 4 atom stereocenters. The number of aromatic nitrogens is 1. The molecular formula is C26H32IN5O4. The highest BCUT2D eigenvalue weighted by atomic mass is 127. The van der Waals surface area contributed by atoms with Gasteiger partial charge < -0.3 is 19.9 Å². The van der Waals surface area contributed by atoms with Gasteiger partial charge in [-0.25, -0.2) is 5.84 Å². The van der Waals surface area contributed by atoms with Crippen LogP contribution in [0.1, 0.15) is 43.0 Å². The molecule has 2 aliphatic heterocycles. The van der Waals surface area contributed by atoms with Crippen molar-refractivity contribution in [2.75, 3.05) is 22.5 Å². The van der Waals surface area contributed by atoms with Gasteiger partial charge in [-0.1, -0.05) is 46.9 Å². The van der Waals surface area contributed by atoms with E-state index in [-0.39, 0.29) is 29.9 Å². The van der Waals surface area contributed by atoms with Gasteiger partial charge in [0.25, 0.3) is 11.5 Å². The number of hydrogen-bond donors (Lipinski definition) is 3. The number of nitrogens with one attached hydrogen (secondary N) is 1. The smallest absolute Gasteiger partial charge is 0.251 e. The van der Waals surface area contributed by atoms with Crippen LogP contribution in [0, 0.1) is 5.92 Å². The molecule has 0 radical (unpaired) electrons. The molecule has 3 heterocycles. The lowest BCUT2D eigenvalue weighted by atomic mass is 9.83. The van der Waals surface area contributed by atoms with Crippen LogP contribution in [-0.4, -0.2) is 50.0 Å². The van der Waals surface area contributed by atoms with Crippen molar-refractivity contribution in [1.29, 1.82) is 0 Å². The van der Waals surface area contributed by atoms with Crippen LogP contribution in [0.25, 0.3) is 0 Å². The van der Waals surface area contributed by atoms with E-state index < -0.39 is 17.9 Å². The lowest BCUT2D eigenvalue weighted by Crippen LogP contribution is -2.52. The van der Waals surface area contributed by atoms with Crippen LogP contribution >= 0.6 is 22.6 Å². The van der Waals surface area contributed by atoms with Gasteiger partial charge in [0.2, 0.25) is 5.91 Å². The number of carbonyl (C=O) groups is 2. The molecule has 2 amide bonds. The third kappa shape index (κ3) is 5.98. The quantitative estimate of drug-likeness (QED) is 0.184. The second kappa shape index (κ2) is 11.6. The van der Waals surface area contributed by atoms with Crippen molar-refractivity contribution in [2.24, 2.45) is 11.8 Å². The molecule has 1 aromatic carbocycles. The number of rotatable bonds is 8. The average Bonchev–Trinajstić information content (AvgIpc) is 2.87. The molecule has 4 rings (SSSR count). The van der Waals surface area contributed by atoms with E-state index >= 15 is 0 Å². The largest absolute Gasteiger partial charge is 0.383 e. The van der Waals surface area contributed by atoms with Gasteiger partial charge in [0.05, 0.1) is 18.2 Å². The number of nitrogens with two attached hydrogens (primary N) is 1. The minimum atomic E-state index is -1.41. The number of piperidine rings is 1. The van der Waals surface area contributed by atoms with Gasteiger partial charge in [-0.15, -0.1) is 0 Å². The summed E-state index contributed by atoms with van der Waals surface area (Å²) in [4.78, 5) is 39.4. The molecule has 1 aromatic heterocycles. The first-order valence-corrected chi connectivity index (χ1v) is 13.6. The second-order valence-corrected chi connectivity index (χ2v) is 10.4. The van der Waals surface area contributed by atoms with E-state index in [2.05, 4.69) is 27.9 Å². The summed E-state index contributed by atoms with van der Waals surface area (Å²) in [6.45, 7) is 3.33. The number of amides is 2. The summed E-state index contributed by atoms with van der Waals surface area (Å²) in [6, 6.07) is 12.4. The van der Waals surface area contributed by atoms with Crippen LogP contribution in [-0.2, 0) is 16.1 Å². The van der Waals surface area contributed by atoms with Crippen LogP contribution in [0.15, 0.2) is 59.5 Å². The molecule has 9 nitrogen and oxygen atoms in total. The van der Waals surface area contributed by atoms with Crippen molar-refractivity contribution in [1.82, 2.24) is 14.8 Å². The van der Waals surface area contributed by atoms with Gasteiger partial charge in [0.1, 0.15) is 6.10 Å². The number of benzene rings is 1. The second-order valence-electron chi connectivity index (χ2n) is 9.49. The molecule has 10 heteroatoms. The molecule has 2 aromatic rings. The van der Waals surface area contributed by atoms with Gasteiger partial charge in [-0.05, 0) is 43.0 Å². The van der Waals surface area contributed by atoms with Crippen molar-refractivity contribution in [3.8, 4) is 0 Å². The molecule has 0 saturated carbocycles. The van der Waals surface area contributed by atoms with Crippen molar-refractivity contribution < 1.29 is 14.7 Å².